The Morgan fingerprint density at radius 3 is 0.467 bits per heavy atom. The van der Waals surface area contributed by atoms with Crippen molar-refractivity contribution >= 4 is 72.3 Å². The van der Waals surface area contributed by atoms with Crippen LogP contribution in [0.2, 0.25) is 0 Å². The number of rotatable bonds is 17. The van der Waals surface area contributed by atoms with Crippen LogP contribution in [0.1, 0.15) is 33.3 Å². The minimum absolute atomic E-state index is 0. The number of hydrogen-bond donors (Lipinski definition) is 0. The van der Waals surface area contributed by atoms with Gasteiger partial charge in [0, 0.05) is 7.92 Å². The Labute approximate surface area is 813 Å². The van der Waals surface area contributed by atoms with Gasteiger partial charge >= 0.3 is 23.2 Å². The molecule has 20 aromatic carbocycles. The summed E-state index contributed by atoms with van der Waals surface area (Å²) >= 11 is 0. The molecule has 8 heteroatoms. The van der Waals surface area contributed by atoms with Gasteiger partial charge in [-0.05, 0) is 179 Å². The second kappa shape index (κ2) is 57.3. The number of nitrogens with zero attached hydrogens (tertiary/aromatic N) is 1. The van der Waals surface area contributed by atoms with E-state index in [-0.39, 0.29) is 17.1 Å². The molecule has 672 valence electrons. The van der Waals surface area contributed by atoms with Crippen molar-refractivity contribution in [2.24, 2.45) is 0 Å². The molecule has 0 amide bonds. The van der Waals surface area contributed by atoms with Gasteiger partial charge in [0.05, 0.1) is 38.0 Å². The average Bonchev–Trinajstić information content (AvgIpc) is 0.797. The number of benzene rings is 20. The molecule has 135 heavy (non-hydrogen) atoms. The van der Waals surface area contributed by atoms with E-state index in [4.69, 9.17) is 0 Å². The van der Waals surface area contributed by atoms with Gasteiger partial charge in [0.15, 0.2) is 0 Å². The first-order valence-corrected chi connectivity index (χ1v) is 50.1. The number of hydrogen-bond acceptors (Lipinski definition) is 0. The predicted octanol–water partition coefficient (Wildman–Crippen LogP) is 33.2. The molecule has 0 aliphatic carbocycles. The zero-order valence-electron chi connectivity index (χ0n) is 76.6. The molecule has 0 heterocycles. The summed E-state index contributed by atoms with van der Waals surface area (Å²) in [6.45, 7) is 8.55. The fourth-order valence-electron chi connectivity index (χ4n) is 15.2. The Balaban J connectivity index is 0.000000148. The van der Waals surface area contributed by atoms with Gasteiger partial charge in [-0.1, -0.05) is 515 Å². The largest absolute Gasteiger partial charge is 1.00 e. The van der Waals surface area contributed by atoms with E-state index < -0.39 is 35.5 Å². The zero-order valence-corrected chi connectivity index (χ0v) is 80.6. The molecule has 0 radical (unpaired) electrons. The third-order valence-corrected chi connectivity index (χ3v) is 30.5. The predicted molar refractivity (Wildman–Crippen MR) is 583 cm³/mol. The molecule has 0 N–H and O–H groups in total. The molecule has 0 aliphatic heterocycles. The number of halogens is 3. The summed E-state index contributed by atoms with van der Waals surface area (Å²) in [5.74, 6) is 0. The van der Waals surface area contributed by atoms with Crippen molar-refractivity contribution in [1.29, 1.82) is 0 Å². The van der Waals surface area contributed by atoms with Gasteiger partial charge in [0.1, 0.15) is 31.8 Å². The van der Waals surface area contributed by atoms with Crippen LogP contribution in [0, 0.1) is 0 Å². The fraction of sp³-hybridized carbons (Fsp3) is 0.0551. The minimum atomic E-state index is -4.36. The molecular formula is C127H115CuF3NP3+3. The third kappa shape index (κ3) is 34.1. The molecule has 20 rings (SSSR count). The maximum Gasteiger partial charge on any atom is 1.00 e. The molecule has 0 aliphatic rings. The van der Waals surface area contributed by atoms with E-state index in [1.165, 1.54) is 111 Å². The Hall–Kier alpha value is -14.2. The summed E-state index contributed by atoms with van der Waals surface area (Å²) in [5, 5.41) is 14.1. The summed E-state index contributed by atoms with van der Waals surface area (Å²) in [6.07, 6.45) is -4.36. The van der Waals surface area contributed by atoms with E-state index in [1.807, 2.05) is 91.0 Å². The minimum Gasteiger partial charge on any atom is -0.655 e. The Bertz CT molecular complexity index is 5340. The van der Waals surface area contributed by atoms with E-state index in [1.54, 1.807) is 18.2 Å². The van der Waals surface area contributed by atoms with Gasteiger partial charge in [-0.25, -0.2) is 0 Å². The van der Waals surface area contributed by atoms with Crippen molar-refractivity contribution in [3.63, 3.8) is 0 Å². The van der Waals surface area contributed by atoms with Crippen molar-refractivity contribution in [2.75, 3.05) is 0 Å². The summed E-state index contributed by atoms with van der Waals surface area (Å²) in [5.41, 5.74) is 16.6. The number of para-hydroxylation sites is 1. The molecule has 0 saturated carbocycles. The van der Waals surface area contributed by atoms with Gasteiger partial charge in [-0.2, -0.15) is 13.2 Å². The molecule has 20 aromatic rings. The van der Waals surface area contributed by atoms with Crippen LogP contribution in [0.4, 0.5) is 24.5 Å². The second-order valence-corrected chi connectivity index (χ2v) is 40.5. The van der Waals surface area contributed by atoms with Crippen LogP contribution in [-0.2, 0) is 23.2 Å². The summed E-state index contributed by atoms with van der Waals surface area (Å²) in [7, 11) is -2.78. The van der Waals surface area contributed by atoms with Gasteiger partial charge in [0.25, 0.3) is 0 Å². The Morgan fingerprint density at radius 1 is 0.185 bits per heavy atom. The molecule has 0 aromatic heterocycles. The van der Waals surface area contributed by atoms with Crippen LogP contribution in [0.25, 0.3) is 72.1 Å². The van der Waals surface area contributed by atoms with E-state index in [0.717, 1.165) is 5.30 Å². The first-order valence-electron chi connectivity index (χ1n) is 45.4. The van der Waals surface area contributed by atoms with Crippen LogP contribution in [0.15, 0.2) is 595 Å². The molecule has 1 nitrogen and oxygen atoms in total. The summed E-state index contributed by atoms with van der Waals surface area (Å²) < 4.78 is 39.4. The molecule has 0 saturated heterocycles. The maximum atomic E-state index is 13.1. The Morgan fingerprint density at radius 2 is 0.326 bits per heavy atom. The maximum absolute atomic E-state index is 13.1. The first-order chi connectivity index (χ1) is 65.9. The smallest absolute Gasteiger partial charge is 0.655 e. The topological polar surface area (TPSA) is 14.1 Å². The normalized spacial score (nSPS) is 10.3. The van der Waals surface area contributed by atoms with Gasteiger partial charge < -0.3 is 5.32 Å². The molecule has 0 unspecified atom stereocenters. The monoisotopic (exact) mass is 1870 g/mol. The van der Waals surface area contributed by atoms with Crippen LogP contribution in [-0.4, -0.2) is 11.3 Å². The van der Waals surface area contributed by atoms with Crippen molar-refractivity contribution in [3.8, 4) is 66.8 Å². The number of alkyl halides is 3. The fourth-order valence-corrected chi connectivity index (χ4v) is 23.6. The van der Waals surface area contributed by atoms with Crippen molar-refractivity contribution in [3.05, 3.63) is 605 Å². The van der Waals surface area contributed by atoms with Crippen molar-refractivity contribution in [1.82, 2.24) is 0 Å². The van der Waals surface area contributed by atoms with E-state index in [0.29, 0.717) is 22.7 Å². The van der Waals surface area contributed by atoms with Gasteiger partial charge in [-0.15, -0.1) is 5.69 Å². The standard InChI is InChI=1S/C19H22F3NP.2C18H15P.6C12H10.Cu/c1-13(2)24(14(3)4)18-11-10-15(19(20,21)22)12-17(18)23-16-8-6-5-7-9-16;2*1-4-10-16(11-5-1)19(17-12-6-2-7-13-17)18-14-8-3-9-15-18;6*1-3-7-11(8-4-1)12-9-5-2-6-10-12;/h5-14H,1-4H3;2*1-15H;6*1-10H;/q-1;;;;;;;;;+1/p+3. The second-order valence-electron chi connectivity index (χ2n) is 31.8. The molecule has 0 fully saturated rings. The van der Waals surface area contributed by atoms with Crippen LogP contribution >= 0.6 is 23.8 Å². The third-order valence-electron chi connectivity index (χ3n) is 21.5. The van der Waals surface area contributed by atoms with E-state index in [9.17, 15) is 13.2 Å². The summed E-state index contributed by atoms with van der Waals surface area (Å²) in [4.78, 5) is 0. The van der Waals surface area contributed by atoms with Crippen molar-refractivity contribution < 1.29 is 30.2 Å². The van der Waals surface area contributed by atoms with Crippen LogP contribution in [0.3, 0.4) is 0 Å². The summed E-state index contributed by atoms with van der Waals surface area (Å²) in [6, 6.07) is 203. The molecular weight excluding hydrogens is 1750 g/mol. The van der Waals surface area contributed by atoms with E-state index in [2.05, 4.69) is 506 Å². The molecule has 0 bridgehead atoms. The molecule has 0 atom stereocenters. The average molecular weight is 1870 g/mol. The Kier molecular flexibility index (Phi) is 43.0. The van der Waals surface area contributed by atoms with Crippen LogP contribution in [0.5, 0.6) is 0 Å². The first kappa shape index (κ1) is 101. The van der Waals surface area contributed by atoms with Gasteiger partial charge in [0.2, 0.25) is 0 Å². The van der Waals surface area contributed by atoms with E-state index >= 15 is 0 Å². The quantitative estimate of drug-likeness (QED) is 0.0637. The zero-order chi connectivity index (χ0) is 93.1. The van der Waals surface area contributed by atoms with Gasteiger partial charge in [-0.3, -0.25) is 0 Å². The van der Waals surface area contributed by atoms with Crippen molar-refractivity contribution in [2.45, 2.75) is 45.2 Å². The van der Waals surface area contributed by atoms with Crippen LogP contribution < -0.4 is 37.1 Å². The molecule has 0 spiro atoms. The SMILES string of the molecule is CC(C)[PH+](c1ccc(C(F)(F)F)cc1[N-]c1ccccc1)C(C)C.[Cu+].c1ccc(-c2ccccc2)cc1.c1ccc(-c2ccccc2)cc1.c1ccc(-c2ccccc2)cc1.c1ccc(-c2ccccc2)cc1.c1ccc(-c2ccccc2)cc1.c1ccc(-c2ccccc2)cc1.c1ccc([PH+](c2ccccc2)c2ccccc2)cc1.c1ccc([PH+](c2ccccc2)c2ccccc2)cc1.